The maximum atomic E-state index is 5.92. The highest BCUT2D eigenvalue weighted by atomic mass is 35.5. The molecule has 0 unspecified atom stereocenters. The fourth-order valence-corrected chi connectivity index (χ4v) is 2.26. The molecule has 0 amide bonds. The van der Waals surface area contributed by atoms with Crippen molar-refractivity contribution in [1.29, 1.82) is 0 Å². The van der Waals surface area contributed by atoms with Crippen molar-refractivity contribution in [3.8, 4) is 0 Å². The Balaban J connectivity index is 1.82. The summed E-state index contributed by atoms with van der Waals surface area (Å²) in [6.45, 7) is 3.02. The van der Waals surface area contributed by atoms with E-state index in [4.69, 9.17) is 16.3 Å². The van der Waals surface area contributed by atoms with Crippen molar-refractivity contribution >= 4 is 11.6 Å². The fourth-order valence-electron chi connectivity index (χ4n) is 2.04. The maximum Gasteiger partial charge on any atom is 0.0601 e. The van der Waals surface area contributed by atoms with E-state index in [1.165, 1.54) is 11.1 Å². The van der Waals surface area contributed by atoms with Crippen molar-refractivity contribution in [2.75, 3.05) is 7.11 Å². The van der Waals surface area contributed by atoms with E-state index < -0.39 is 0 Å². The van der Waals surface area contributed by atoms with Crippen LogP contribution in [0.2, 0.25) is 5.02 Å². The van der Waals surface area contributed by atoms with Gasteiger partial charge in [0.2, 0.25) is 0 Å². The van der Waals surface area contributed by atoms with Crippen molar-refractivity contribution in [1.82, 2.24) is 5.32 Å². The van der Waals surface area contributed by atoms with Crippen LogP contribution in [0.15, 0.2) is 18.2 Å². The molecule has 0 radical (unpaired) electrons. The lowest BCUT2D eigenvalue weighted by Crippen LogP contribution is -2.44. The third kappa shape index (κ3) is 2.76. The second-order valence-electron chi connectivity index (χ2n) is 4.48. The number of benzene rings is 1. The van der Waals surface area contributed by atoms with Gasteiger partial charge in [-0.25, -0.2) is 0 Å². The standard InChI is InChI=1S/C13H18ClNO/c1-9-5-11(14)4-3-10(9)8-15-12-6-13(7-12)16-2/h3-5,12-13,15H,6-8H2,1-2H3. The number of hydrogen-bond donors (Lipinski definition) is 1. The highest BCUT2D eigenvalue weighted by molar-refractivity contribution is 6.30. The fraction of sp³-hybridized carbons (Fsp3) is 0.538. The average Bonchev–Trinajstić information content (AvgIpc) is 2.18. The highest BCUT2D eigenvalue weighted by Crippen LogP contribution is 2.23. The minimum Gasteiger partial charge on any atom is -0.381 e. The molecule has 0 spiro atoms. The zero-order valence-electron chi connectivity index (χ0n) is 9.79. The van der Waals surface area contributed by atoms with Crippen molar-refractivity contribution in [2.24, 2.45) is 0 Å². The van der Waals surface area contributed by atoms with Crippen LogP contribution in [0.4, 0.5) is 0 Å². The predicted octanol–water partition coefficient (Wildman–Crippen LogP) is 2.92. The van der Waals surface area contributed by atoms with Crippen LogP contribution < -0.4 is 5.32 Å². The normalized spacial score (nSPS) is 24.2. The van der Waals surface area contributed by atoms with Gasteiger partial charge in [0.1, 0.15) is 0 Å². The maximum absolute atomic E-state index is 5.92. The van der Waals surface area contributed by atoms with E-state index in [1.54, 1.807) is 7.11 Å². The molecule has 1 fully saturated rings. The molecule has 1 aliphatic carbocycles. The van der Waals surface area contributed by atoms with E-state index in [0.717, 1.165) is 24.4 Å². The molecule has 0 aromatic heterocycles. The predicted molar refractivity (Wildman–Crippen MR) is 66.8 cm³/mol. The number of halogens is 1. The molecule has 88 valence electrons. The Kier molecular flexibility index (Phi) is 3.85. The molecule has 0 atom stereocenters. The summed E-state index contributed by atoms with van der Waals surface area (Å²) in [6.07, 6.45) is 2.72. The molecule has 0 heterocycles. The van der Waals surface area contributed by atoms with Gasteiger partial charge in [0.25, 0.3) is 0 Å². The smallest absolute Gasteiger partial charge is 0.0601 e. The van der Waals surface area contributed by atoms with Gasteiger partial charge in [0, 0.05) is 24.7 Å². The summed E-state index contributed by atoms with van der Waals surface area (Å²) in [7, 11) is 1.78. The summed E-state index contributed by atoms with van der Waals surface area (Å²) < 4.78 is 5.25. The molecule has 1 aromatic carbocycles. The Morgan fingerprint density at radius 1 is 1.44 bits per heavy atom. The van der Waals surface area contributed by atoms with Crippen LogP contribution in [-0.2, 0) is 11.3 Å². The van der Waals surface area contributed by atoms with Gasteiger partial charge in [-0.1, -0.05) is 17.7 Å². The number of hydrogen-bond acceptors (Lipinski definition) is 2. The van der Waals surface area contributed by atoms with Gasteiger partial charge >= 0.3 is 0 Å². The first kappa shape index (κ1) is 11.9. The molecule has 0 aliphatic heterocycles. The number of aryl methyl sites for hydroxylation is 1. The first-order valence-electron chi connectivity index (χ1n) is 5.70. The summed E-state index contributed by atoms with van der Waals surface area (Å²) in [4.78, 5) is 0. The minimum atomic E-state index is 0.462. The summed E-state index contributed by atoms with van der Waals surface area (Å²) in [6, 6.07) is 6.67. The monoisotopic (exact) mass is 239 g/mol. The van der Waals surface area contributed by atoms with Crippen LogP contribution in [0.1, 0.15) is 24.0 Å². The Morgan fingerprint density at radius 3 is 2.81 bits per heavy atom. The third-order valence-electron chi connectivity index (χ3n) is 3.31. The van der Waals surface area contributed by atoms with Gasteiger partial charge in [-0.15, -0.1) is 0 Å². The Hall–Kier alpha value is -0.570. The van der Waals surface area contributed by atoms with Crippen LogP contribution in [0.3, 0.4) is 0 Å². The SMILES string of the molecule is COC1CC(NCc2ccc(Cl)cc2C)C1. The second-order valence-corrected chi connectivity index (χ2v) is 4.91. The van der Waals surface area contributed by atoms with Gasteiger partial charge in [-0.2, -0.15) is 0 Å². The van der Waals surface area contributed by atoms with E-state index >= 15 is 0 Å². The summed E-state index contributed by atoms with van der Waals surface area (Å²) in [5.41, 5.74) is 2.58. The number of methoxy groups -OCH3 is 1. The van der Waals surface area contributed by atoms with Crippen molar-refractivity contribution in [3.05, 3.63) is 34.3 Å². The molecule has 16 heavy (non-hydrogen) atoms. The zero-order valence-corrected chi connectivity index (χ0v) is 10.6. The largest absolute Gasteiger partial charge is 0.381 e. The molecule has 2 nitrogen and oxygen atoms in total. The van der Waals surface area contributed by atoms with E-state index in [2.05, 4.69) is 18.3 Å². The van der Waals surface area contributed by atoms with Crippen LogP contribution in [0.25, 0.3) is 0 Å². The van der Waals surface area contributed by atoms with E-state index in [9.17, 15) is 0 Å². The topological polar surface area (TPSA) is 21.3 Å². The first-order valence-corrected chi connectivity index (χ1v) is 6.08. The van der Waals surface area contributed by atoms with Gasteiger partial charge < -0.3 is 10.1 Å². The molecular weight excluding hydrogens is 222 g/mol. The Morgan fingerprint density at radius 2 is 2.19 bits per heavy atom. The van der Waals surface area contributed by atoms with Crippen molar-refractivity contribution < 1.29 is 4.74 Å². The molecule has 1 saturated carbocycles. The zero-order chi connectivity index (χ0) is 11.5. The lowest BCUT2D eigenvalue weighted by molar-refractivity contribution is 0.0170. The van der Waals surface area contributed by atoms with Crippen LogP contribution in [0.5, 0.6) is 0 Å². The molecule has 1 aliphatic rings. The van der Waals surface area contributed by atoms with E-state index in [-0.39, 0.29) is 0 Å². The lowest BCUT2D eigenvalue weighted by atomic mass is 9.89. The highest BCUT2D eigenvalue weighted by Gasteiger charge is 2.28. The number of ether oxygens (including phenoxy) is 1. The molecule has 1 N–H and O–H groups in total. The van der Waals surface area contributed by atoms with Crippen LogP contribution >= 0.6 is 11.6 Å². The molecule has 3 heteroatoms. The third-order valence-corrected chi connectivity index (χ3v) is 3.55. The van der Waals surface area contributed by atoms with Crippen molar-refractivity contribution in [2.45, 2.75) is 38.5 Å². The van der Waals surface area contributed by atoms with Gasteiger partial charge in [-0.05, 0) is 43.0 Å². The molecule has 1 aromatic rings. The molecule has 2 rings (SSSR count). The molecule has 0 bridgehead atoms. The van der Waals surface area contributed by atoms with E-state index in [0.29, 0.717) is 12.1 Å². The van der Waals surface area contributed by atoms with Gasteiger partial charge in [0.05, 0.1) is 6.10 Å². The minimum absolute atomic E-state index is 0.462. The van der Waals surface area contributed by atoms with E-state index in [1.807, 2.05) is 12.1 Å². The summed E-state index contributed by atoms with van der Waals surface area (Å²) in [5.74, 6) is 0. The lowest BCUT2D eigenvalue weighted by Gasteiger charge is -2.35. The van der Waals surface area contributed by atoms with Gasteiger partial charge in [-0.3, -0.25) is 0 Å². The average molecular weight is 240 g/mol. The summed E-state index contributed by atoms with van der Waals surface area (Å²) in [5, 5.41) is 4.35. The van der Waals surface area contributed by atoms with Crippen molar-refractivity contribution in [3.63, 3.8) is 0 Å². The first-order chi connectivity index (χ1) is 7.69. The number of nitrogens with one attached hydrogen (secondary N) is 1. The Labute approximate surface area is 102 Å². The Bertz CT molecular complexity index is 361. The second kappa shape index (κ2) is 5.17. The van der Waals surface area contributed by atoms with Crippen LogP contribution in [0, 0.1) is 6.92 Å². The quantitative estimate of drug-likeness (QED) is 0.873. The molecule has 0 saturated heterocycles. The van der Waals surface area contributed by atoms with Crippen LogP contribution in [-0.4, -0.2) is 19.3 Å². The van der Waals surface area contributed by atoms with Gasteiger partial charge in [0.15, 0.2) is 0 Å². The molecular formula is C13H18ClNO. The summed E-state index contributed by atoms with van der Waals surface area (Å²) >= 11 is 5.92. The number of rotatable bonds is 4.